The predicted molar refractivity (Wildman–Crippen MR) is 86.4 cm³/mol. The lowest BCUT2D eigenvalue weighted by atomic mass is 10.2. The van der Waals surface area contributed by atoms with Gasteiger partial charge in [0, 0.05) is 17.3 Å². The van der Waals surface area contributed by atoms with E-state index in [-0.39, 0.29) is 0 Å². The van der Waals surface area contributed by atoms with Crippen LogP contribution in [0.4, 0.5) is 0 Å². The van der Waals surface area contributed by atoms with Crippen LogP contribution >= 0.6 is 23.6 Å². The molecule has 3 aromatic rings. The van der Waals surface area contributed by atoms with Crippen molar-refractivity contribution in [3.63, 3.8) is 0 Å². The third-order valence-electron chi connectivity index (χ3n) is 3.45. The summed E-state index contributed by atoms with van der Waals surface area (Å²) in [6.07, 6.45) is 0.982. The van der Waals surface area contributed by atoms with Crippen molar-refractivity contribution in [3.8, 4) is 5.75 Å². The number of fused-ring (bicyclic) bond motifs is 1. The Hall–Kier alpha value is -1.59. The fourth-order valence-electron chi connectivity index (χ4n) is 2.54. The molecule has 0 bridgehead atoms. The number of rotatable bonds is 4. The summed E-state index contributed by atoms with van der Waals surface area (Å²) in [4.78, 5) is 4.64. The zero-order valence-electron chi connectivity index (χ0n) is 11.4. The fourth-order valence-corrected chi connectivity index (χ4v) is 3.75. The third kappa shape index (κ3) is 2.27. The largest absolute Gasteiger partial charge is 0.494 e. The lowest BCUT2D eigenvalue weighted by Gasteiger charge is -2.14. The van der Waals surface area contributed by atoms with Gasteiger partial charge in [0.25, 0.3) is 0 Å². The van der Waals surface area contributed by atoms with Gasteiger partial charge in [0.2, 0.25) is 0 Å². The van der Waals surface area contributed by atoms with E-state index in [9.17, 15) is 0 Å². The summed E-state index contributed by atoms with van der Waals surface area (Å²) in [6.45, 7) is 2.20. The first-order valence-electron chi connectivity index (χ1n) is 6.50. The maximum atomic E-state index is 5.49. The van der Waals surface area contributed by atoms with Crippen LogP contribution in [-0.2, 0) is 6.42 Å². The first-order valence-corrected chi connectivity index (χ1v) is 7.79. The Morgan fingerprint density at radius 1 is 1.35 bits per heavy atom. The number of nitrogens with zero attached hydrogens (tertiary/aromatic N) is 1. The van der Waals surface area contributed by atoms with Crippen LogP contribution in [0.5, 0.6) is 5.75 Å². The molecular formula is C15H16N2OS2. The van der Waals surface area contributed by atoms with Crippen LogP contribution in [0.15, 0.2) is 35.7 Å². The molecule has 5 heteroatoms. The summed E-state index contributed by atoms with van der Waals surface area (Å²) < 4.78 is 8.31. The Kier molecular flexibility index (Phi) is 3.63. The van der Waals surface area contributed by atoms with Gasteiger partial charge >= 0.3 is 0 Å². The van der Waals surface area contributed by atoms with Gasteiger partial charge in [0.05, 0.1) is 12.6 Å². The standard InChI is InChI=1S/C15H16N2OS2/c1-10(9-11-5-4-8-20-11)17-12-6-3-7-13(18-2)14(12)16-15(17)19/h3-8,10H,9H2,1-2H3,(H,16,19). The minimum Gasteiger partial charge on any atom is -0.494 e. The molecule has 2 heterocycles. The van der Waals surface area contributed by atoms with E-state index in [2.05, 4.69) is 40.1 Å². The summed E-state index contributed by atoms with van der Waals surface area (Å²) >= 11 is 7.27. The van der Waals surface area contributed by atoms with Gasteiger partial charge in [-0.05, 0) is 42.7 Å². The Labute approximate surface area is 126 Å². The van der Waals surface area contributed by atoms with Crippen LogP contribution in [0, 0.1) is 4.77 Å². The molecule has 1 atom stereocenters. The first-order chi connectivity index (χ1) is 9.70. The number of hydrogen-bond donors (Lipinski definition) is 1. The van der Waals surface area contributed by atoms with Crippen molar-refractivity contribution in [1.82, 2.24) is 9.55 Å². The Morgan fingerprint density at radius 2 is 2.20 bits per heavy atom. The molecule has 0 radical (unpaired) electrons. The first kappa shape index (κ1) is 13.4. The van der Waals surface area contributed by atoms with Crippen LogP contribution in [0.1, 0.15) is 17.8 Å². The minimum absolute atomic E-state index is 0.307. The second-order valence-electron chi connectivity index (χ2n) is 4.79. The lowest BCUT2D eigenvalue weighted by molar-refractivity contribution is 0.419. The Morgan fingerprint density at radius 3 is 2.90 bits per heavy atom. The molecule has 1 aromatic carbocycles. The van der Waals surface area contributed by atoms with E-state index < -0.39 is 0 Å². The van der Waals surface area contributed by atoms with Gasteiger partial charge in [-0.2, -0.15) is 0 Å². The molecule has 0 saturated heterocycles. The Balaban J connectivity index is 2.07. The predicted octanol–water partition coefficient (Wildman–Crippen LogP) is 4.57. The van der Waals surface area contributed by atoms with Crippen LogP contribution in [0.3, 0.4) is 0 Å². The highest BCUT2D eigenvalue weighted by Gasteiger charge is 2.14. The molecule has 0 aliphatic carbocycles. The number of H-pyrrole nitrogens is 1. The molecule has 0 spiro atoms. The highest BCUT2D eigenvalue weighted by molar-refractivity contribution is 7.71. The number of methoxy groups -OCH3 is 1. The van der Waals surface area contributed by atoms with Crippen molar-refractivity contribution in [3.05, 3.63) is 45.4 Å². The van der Waals surface area contributed by atoms with Crippen molar-refractivity contribution in [2.75, 3.05) is 7.11 Å². The fraction of sp³-hybridized carbons (Fsp3) is 0.267. The Bertz CT molecular complexity index is 771. The van der Waals surface area contributed by atoms with E-state index in [1.165, 1.54) is 4.88 Å². The number of thiophene rings is 1. The molecule has 0 amide bonds. The summed E-state index contributed by atoms with van der Waals surface area (Å²) in [5, 5.41) is 2.11. The van der Waals surface area contributed by atoms with E-state index in [0.717, 1.165) is 28.0 Å². The zero-order valence-corrected chi connectivity index (χ0v) is 13.1. The van der Waals surface area contributed by atoms with Crippen molar-refractivity contribution in [2.45, 2.75) is 19.4 Å². The van der Waals surface area contributed by atoms with Crippen LogP contribution in [0.2, 0.25) is 0 Å². The summed E-state index contributed by atoms with van der Waals surface area (Å²) in [5.74, 6) is 0.829. The number of hydrogen-bond acceptors (Lipinski definition) is 3. The van der Waals surface area contributed by atoms with E-state index in [0.29, 0.717) is 6.04 Å². The van der Waals surface area contributed by atoms with E-state index >= 15 is 0 Å². The summed E-state index contributed by atoms with van der Waals surface area (Å²) in [7, 11) is 1.68. The molecule has 2 aromatic heterocycles. The van der Waals surface area contributed by atoms with Crippen molar-refractivity contribution in [2.24, 2.45) is 0 Å². The highest BCUT2D eigenvalue weighted by atomic mass is 32.1. The summed E-state index contributed by atoms with van der Waals surface area (Å²) in [5.41, 5.74) is 2.07. The number of aromatic nitrogens is 2. The number of para-hydroxylation sites is 1. The molecule has 1 N–H and O–H groups in total. The molecule has 0 saturated carbocycles. The van der Waals surface area contributed by atoms with E-state index in [1.54, 1.807) is 18.4 Å². The smallest absolute Gasteiger partial charge is 0.178 e. The van der Waals surface area contributed by atoms with Crippen molar-refractivity contribution >= 4 is 34.6 Å². The molecule has 3 rings (SSSR count). The molecular weight excluding hydrogens is 288 g/mol. The molecule has 20 heavy (non-hydrogen) atoms. The molecule has 0 aliphatic rings. The van der Waals surface area contributed by atoms with E-state index in [4.69, 9.17) is 17.0 Å². The lowest BCUT2D eigenvalue weighted by Crippen LogP contribution is -2.07. The maximum Gasteiger partial charge on any atom is 0.178 e. The SMILES string of the molecule is COc1cccc2c1[nH]c(=S)n2C(C)Cc1cccs1. The van der Waals surface area contributed by atoms with Gasteiger partial charge in [-0.15, -0.1) is 11.3 Å². The maximum absolute atomic E-state index is 5.49. The van der Waals surface area contributed by atoms with Gasteiger partial charge in [-0.25, -0.2) is 0 Å². The number of ether oxygens (including phenoxy) is 1. The average Bonchev–Trinajstić information content (AvgIpc) is 3.04. The topological polar surface area (TPSA) is 29.9 Å². The number of imidazole rings is 1. The second-order valence-corrected chi connectivity index (χ2v) is 6.21. The van der Waals surface area contributed by atoms with Gasteiger partial charge in [0.1, 0.15) is 11.3 Å². The second kappa shape index (κ2) is 5.42. The van der Waals surface area contributed by atoms with Crippen molar-refractivity contribution in [1.29, 1.82) is 0 Å². The molecule has 104 valence electrons. The van der Waals surface area contributed by atoms with Crippen LogP contribution in [-0.4, -0.2) is 16.7 Å². The minimum atomic E-state index is 0.307. The third-order valence-corrected chi connectivity index (χ3v) is 4.65. The van der Waals surface area contributed by atoms with Gasteiger partial charge < -0.3 is 14.3 Å². The monoisotopic (exact) mass is 304 g/mol. The van der Waals surface area contributed by atoms with Gasteiger partial charge in [0.15, 0.2) is 4.77 Å². The number of nitrogens with one attached hydrogen (secondary N) is 1. The number of aromatic amines is 1. The van der Waals surface area contributed by atoms with Gasteiger partial charge in [-0.1, -0.05) is 12.1 Å². The molecule has 3 nitrogen and oxygen atoms in total. The quantitative estimate of drug-likeness (QED) is 0.715. The van der Waals surface area contributed by atoms with Gasteiger partial charge in [-0.3, -0.25) is 0 Å². The average molecular weight is 304 g/mol. The molecule has 0 fully saturated rings. The van der Waals surface area contributed by atoms with Crippen molar-refractivity contribution < 1.29 is 4.74 Å². The van der Waals surface area contributed by atoms with Crippen LogP contribution in [0.25, 0.3) is 11.0 Å². The summed E-state index contributed by atoms with van der Waals surface area (Å²) in [6, 6.07) is 10.6. The molecule has 1 unspecified atom stereocenters. The molecule has 0 aliphatic heterocycles. The zero-order chi connectivity index (χ0) is 14.1. The number of benzene rings is 1. The van der Waals surface area contributed by atoms with E-state index in [1.807, 2.05) is 12.1 Å². The van der Waals surface area contributed by atoms with Crippen LogP contribution < -0.4 is 4.74 Å². The highest BCUT2D eigenvalue weighted by Crippen LogP contribution is 2.28. The normalized spacial score (nSPS) is 12.7.